The van der Waals surface area contributed by atoms with Crippen LogP contribution in [0.1, 0.15) is 200 Å². The zero-order valence-corrected chi connectivity index (χ0v) is 40.2. The number of aliphatic hydroxyl groups excluding tert-OH is 7. The fourth-order valence-electron chi connectivity index (χ4n) is 7.74. The average Bonchev–Trinajstić information content (AvgIpc) is 3.29. The number of hydrogen-bond acceptors (Lipinski definition) is 10. The number of carbonyl (C=O) groups excluding carboxylic acids is 1. The Labute approximate surface area is 389 Å². The van der Waals surface area contributed by atoms with Gasteiger partial charge in [-0.1, -0.05) is 164 Å². The lowest BCUT2D eigenvalue weighted by molar-refractivity contribution is -0.303. The number of aliphatic hydroxyl groups is 7. The van der Waals surface area contributed by atoms with Crippen LogP contribution in [0.2, 0.25) is 0 Å². The van der Waals surface area contributed by atoms with E-state index in [1.54, 1.807) is 0 Å². The van der Waals surface area contributed by atoms with Gasteiger partial charge in [-0.3, -0.25) is 4.79 Å². The summed E-state index contributed by atoms with van der Waals surface area (Å²) in [7, 11) is 0. The van der Waals surface area contributed by atoms with Crippen molar-refractivity contribution in [2.45, 2.75) is 255 Å². The second-order valence-electron chi connectivity index (χ2n) is 17.9. The first-order chi connectivity index (χ1) is 31.2. The minimum Gasteiger partial charge on any atom is -0.394 e. The van der Waals surface area contributed by atoms with Gasteiger partial charge in [-0.25, -0.2) is 0 Å². The molecule has 9 atom stereocenters. The van der Waals surface area contributed by atoms with Gasteiger partial charge in [0.15, 0.2) is 6.29 Å². The van der Waals surface area contributed by atoms with Crippen molar-refractivity contribution < 1.29 is 50.0 Å². The highest BCUT2D eigenvalue weighted by atomic mass is 16.7. The number of ether oxygens (including phenoxy) is 2. The summed E-state index contributed by atoms with van der Waals surface area (Å²) < 4.78 is 11.1. The van der Waals surface area contributed by atoms with E-state index in [9.17, 15) is 40.5 Å². The van der Waals surface area contributed by atoms with Crippen LogP contribution in [0.25, 0.3) is 0 Å². The Morgan fingerprint density at radius 3 is 1.52 bits per heavy atom. The van der Waals surface area contributed by atoms with E-state index in [4.69, 9.17) is 9.47 Å². The molecule has 1 rings (SSSR count). The van der Waals surface area contributed by atoms with Gasteiger partial charge >= 0.3 is 0 Å². The van der Waals surface area contributed by atoms with Crippen molar-refractivity contribution in [1.29, 1.82) is 0 Å². The Kier molecular flexibility index (Phi) is 39.4. The van der Waals surface area contributed by atoms with Crippen molar-refractivity contribution in [3.05, 3.63) is 60.8 Å². The third-order valence-electron chi connectivity index (χ3n) is 12.0. The van der Waals surface area contributed by atoms with E-state index in [0.717, 1.165) is 77.0 Å². The van der Waals surface area contributed by atoms with Gasteiger partial charge in [-0.2, -0.15) is 0 Å². The zero-order chi connectivity index (χ0) is 46.9. The number of unbranched alkanes of at least 4 members (excludes halogenated alkanes) is 20. The second-order valence-corrected chi connectivity index (χ2v) is 17.9. The fraction of sp³-hybridized carbons (Fsp3) is 0.792. The molecule has 9 unspecified atom stereocenters. The maximum absolute atomic E-state index is 13.1. The van der Waals surface area contributed by atoms with Crippen molar-refractivity contribution in [1.82, 2.24) is 5.32 Å². The Bertz CT molecular complexity index is 1220. The van der Waals surface area contributed by atoms with E-state index in [1.165, 1.54) is 77.0 Å². The Morgan fingerprint density at radius 1 is 0.547 bits per heavy atom. The van der Waals surface area contributed by atoms with Gasteiger partial charge in [0.25, 0.3) is 0 Å². The van der Waals surface area contributed by atoms with Gasteiger partial charge in [-0.15, -0.1) is 0 Å². The topological polar surface area (TPSA) is 189 Å². The molecule has 0 aliphatic carbocycles. The highest BCUT2D eigenvalue weighted by Gasteiger charge is 2.44. The van der Waals surface area contributed by atoms with Crippen LogP contribution in [0.5, 0.6) is 0 Å². The van der Waals surface area contributed by atoms with E-state index >= 15 is 0 Å². The van der Waals surface area contributed by atoms with E-state index in [0.29, 0.717) is 19.3 Å². The molecule has 0 aromatic heterocycles. The lowest BCUT2D eigenvalue weighted by atomic mass is 9.98. The van der Waals surface area contributed by atoms with Crippen LogP contribution in [-0.4, -0.2) is 110 Å². The van der Waals surface area contributed by atoms with Crippen LogP contribution in [-0.2, 0) is 14.3 Å². The van der Waals surface area contributed by atoms with E-state index < -0.39 is 74.2 Å². The predicted octanol–water partition coefficient (Wildman–Crippen LogP) is 9.50. The zero-order valence-electron chi connectivity index (χ0n) is 40.2. The SMILES string of the molecule is CCCCC/C=C\C/C=C\CCCCCCCCC(O)C(=O)NC(COC1OC(CO)C(O)C(O)C1O)C(O)C(O)CCC/C=C/CC/C=C/CC/C=C/CCCCCCCCCC. The number of nitrogens with one attached hydrogen (secondary N) is 1. The fourth-order valence-corrected chi connectivity index (χ4v) is 7.74. The van der Waals surface area contributed by atoms with Crippen molar-refractivity contribution in [2.75, 3.05) is 13.2 Å². The summed E-state index contributed by atoms with van der Waals surface area (Å²) >= 11 is 0. The molecule has 0 saturated carbocycles. The van der Waals surface area contributed by atoms with Crippen LogP contribution in [0.3, 0.4) is 0 Å². The molecule has 0 aromatic carbocycles. The summed E-state index contributed by atoms with van der Waals surface area (Å²) in [6, 6.07) is -1.20. The van der Waals surface area contributed by atoms with E-state index in [1.807, 2.05) is 0 Å². The molecule has 372 valence electrons. The normalized spacial score (nSPS) is 21.5. The third kappa shape index (κ3) is 30.9. The third-order valence-corrected chi connectivity index (χ3v) is 12.0. The molecular formula is C53H95NO10. The summed E-state index contributed by atoms with van der Waals surface area (Å²) in [5, 5.41) is 75.8. The molecule has 1 aliphatic rings. The van der Waals surface area contributed by atoms with Crippen LogP contribution in [0.4, 0.5) is 0 Å². The monoisotopic (exact) mass is 906 g/mol. The Morgan fingerprint density at radius 2 is 0.984 bits per heavy atom. The molecule has 0 bridgehead atoms. The molecule has 11 nitrogen and oxygen atoms in total. The van der Waals surface area contributed by atoms with Crippen molar-refractivity contribution in [2.24, 2.45) is 0 Å². The summed E-state index contributed by atoms with van der Waals surface area (Å²) in [6.45, 7) is 3.38. The van der Waals surface area contributed by atoms with Crippen molar-refractivity contribution >= 4 is 5.91 Å². The van der Waals surface area contributed by atoms with E-state index in [-0.39, 0.29) is 12.8 Å². The highest BCUT2D eigenvalue weighted by molar-refractivity contribution is 5.80. The predicted molar refractivity (Wildman–Crippen MR) is 261 cm³/mol. The molecule has 0 aromatic rings. The summed E-state index contributed by atoms with van der Waals surface area (Å²) in [5.74, 6) is -0.723. The van der Waals surface area contributed by atoms with Gasteiger partial charge in [0.05, 0.1) is 25.4 Å². The molecular weight excluding hydrogens is 811 g/mol. The number of amides is 1. The minimum atomic E-state index is -1.68. The first kappa shape index (κ1) is 59.8. The van der Waals surface area contributed by atoms with Gasteiger partial charge in [-0.05, 0) is 96.3 Å². The smallest absolute Gasteiger partial charge is 0.249 e. The molecule has 0 radical (unpaired) electrons. The average molecular weight is 906 g/mol. The minimum absolute atomic E-state index is 0.235. The number of carbonyl (C=O) groups is 1. The molecule has 11 heteroatoms. The Hall–Kier alpha value is -2.19. The van der Waals surface area contributed by atoms with Crippen molar-refractivity contribution in [3.63, 3.8) is 0 Å². The van der Waals surface area contributed by atoms with Gasteiger partial charge in [0.1, 0.15) is 36.6 Å². The highest BCUT2D eigenvalue weighted by Crippen LogP contribution is 2.23. The van der Waals surface area contributed by atoms with Crippen LogP contribution >= 0.6 is 0 Å². The molecule has 1 aliphatic heterocycles. The maximum atomic E-state index is 13.1. The van der Waals surface area contributed by atoms with Gasteiger partial charge < -0.3 is 50.5 Å². The molecule has 8 N–H and O–H groups in total. The Balaban J connectivity index is 2.45. The first-order valence-electron chi connectivity index (χ1n) is 25.7. The van der Waals surface area contributed by atoms with E-state index in [2.05, 4.69) is 79.9 Å². The van der Waals surface area contributed by atoms with Gasteiger partial charge in [0.2, 0.25) is 5.91 Å². The quantitative estimate of drug-likeness (QED) is 0.0216. The second kappa shape index (κ2) is 42.2. The van der Waals surface area contributed by atoms with Gasteiger partial charge in [0, 0.05) is 0 Å². The molecule has 1 saturated heterocycles. The molecule has 1 fully saturated rings. The number of rotatable bonds is 42. The summed E-state index contributed by atoms with van der Waals surface area (Å²) in [5.41, 5.74) is 0. The molecule has 0 spiro atoms. The summed E-state index contributed by atoms with van der Waals surface area (Å²) in [4.78, 5) is 13.1. The maximum Gasteiger partial charge on any atom is 0.249 e. The van der Waals surface area contributed by atoms with Crippen LogP contribution in [0, 0.1) is 0 Å². The van der Waals surface area contributed by atoms with Crippen LogP contribution in [0.15, 0.2) is 60.8 Å². The standard InChI is InChI=1S/C53H95NO10/c1-3-5-7-9-11-13-15-17-19-21-22-23-24-25-27-28-30-32-34-36-38-40-45(56)48(58)44(43-63-53-51(61)50(60)49(59)47(42-55)64-53)54-52(62)46(57)41-39-37-35-33-31-29-26-20-18-16-14-12-10-8-6-4-2/h12,14,18,20-22,25,27,32,34,44-51,53,55-61H,3-11,13,15-17,19,23-24,26,28-31,33,35-43H2,1-2H3,(H,54,62)/b14-12-,20-18-,22-21+,27-25+,34-32+. The summed E-state index contributed by atoms with van der Waals surface area (Å²) in [6.07, 6.45) is 41.2. The molecule has 1 heterocycles. The molecule has 1 amide bonds. The molecule has 64 heavy (non-hydrogen) atoms. The lowest BCUT2D eigenvalue weighted by Crippen LogP contribution is -2.60. The largest absolute Gasteiger partial charge is 0.394 e. The number of hydrogen-bond donors (Lipinski definition) is 8. The lowest BCUT2D eigenvalue weighted by Gasteiger charge is -2.40. The van der Waals surface area contributed by atoms with Crippen molar-refractivity contribution in [3.8, 4) is 0 Å². The first-order valence-corrected chi connectivity index (χ1v) is 25.7. The van der Waals surface area contributed by atoms with Crippen LogP contribution < -0.4 is 5.32 Å². The number of allylic oxidation sites excluding steroid dienone is 10.